The molecule has 2 fully saturated rings. The van der Waals surface area contributed by atoms with Crippen molar-refractivity contribution in [3.63, 3.8) is 0 Å². The van der Waals surface area contributed by atoms with E-state index in [9.17, 15) is 14.4 Å². The van der Waals surface area contributed by atoms with Crippen LogP contribution in [0.25, 0.3) is 0 Å². The lowest BCUT2D eigenvalue weighted by Gasteiger charge is -2.43. The molecule has 1 heterocycles. The Labute approximate surface area is 98.8 Å². The summed E-state index contributed by atoms with van der Waals surface area (Å²) in [6, 6.07) is 0. The highest BCUT2D eigenvalue weighted by Crippen LogP contribution is 2.46. The van der Waals surface area contributed by atoms with Crippen LogP contribution >= 0.6 is 0 Å². The third-order valence-corrected chi connectivity index (χ3v) is 3.35. The Kier molecular flexibility index (Phi) is 2.77. The first kappa shape index (κ1) is 11.8. The Morgan fingerprint density at radius 2 is 2.06 bits per heavy atom. The quantitative estimate of drug-likeness (QED) is 0.409. The van der Waals surface area contributed by atoms with Gasteiger partial charge >= 0.3 is 17.9 Å². The van der Waals surface area contributed by atoms with Crippen molar-refractivity contribution < 1.29 is 23.9 Å². The maximum atomic E-state index is 11.5. The van der Waals surface area contributed by atoms with Crippen molar-refractivity contribution in [3.05, 3.63) is 12.2 Å². The molecule has 5 nitrogen and oxygen atoms in total. The molecule has 1 spiro atoms. The molecule has 2 rings (SSSR count). The topological polar surface area (TPSA) is 69.7 Å². The number of carbonyl (C=O) groups is 3. The van der Waals surface area contributed by atoms with Gasteiger partial charge in [0.15, 0.2) is 0 Å². The van der Waals surface area contributed by atoms with Crippen molar-refractivity contribution in [2.75, 3.05) is 0 Å². The molecule has 0 N–H and O–H groups in total. The van der Waals surface area contributed by atoms with Gasteiger partial charge in [0.05, 0.1) is 0 Å². The molecule has 0 radical (unpaired) electrons. The normalized spacial score (nSPS) is 26.1. The van der Waals surface area contributed by atoms with Crippen LogP contribution in [0.5, 0.6) is 0 Å². The molecule has 1 saturated carbocycles. The van der Waals surface area contributed by atoms with E-state index in [-0.39, 0.29) is 5.57 Å². The van der Waals surface area contributed by atoms with Crippen molar-refractivity contribution in [2.24, 2.45) is 5.41 Å². The molecule has 17 heavy (non-hydrogen) atoms. The first-order valence-corrected chi connectivity index (χ1v) is 5.61. The van der Waals surface area contributed by atoms with Crippen LogP contribution in [-0.4, -0.2) is 24.0 Å². The van der Waals surface area contributed by atoms with Gasteiger partial charge in [-0.2, -0.15) is 0 Å². The number of hydrogen-bond acceptors (Lipinski definition) is 5. The number of carbonyl (C=O) groups excluding carboxylic acids is 3. The molecular weight excluding hydrogens is 224 g/mol. The molecular formula is C12H14O5. The minimum absolute atomic E-state index is 0.255. The van der Waals surface area contributed by atoms with Gasteiger partial charge in [-0.25, -0.2) is 4.79 Å². The van der Waals surface area contributed by atoms with E-state index < -0.39 is 29.4 Å². The van der Waals surface area contributed by atoms with Crippen LogP contribution in [0.4, 0.5) is 0 Å². The Bertz CT molecular complexity index is 395. The summed E-state index contributed by atoms with van der Waals surface area (Å²) in [6.45, 7) is 5.00. The minimum Gasteiger partial charge on any atom is -0.457 e. The molecule has 5 heteroatoms. The van der Waals surface area contributed by atoms with Crippen LogP contribution < -0.4 is 0 Å². The number of cyclic esters (lactones) is 2. The van der Waals surface area contributed by atoms with Crippen molar-refractivity contribution in [2.45, 2.75) is 38.7 Å². The van der Waals surface area contributed by atoms with Crippen LogP contribution in [0.1, 0.15) is 32.6 Å². The van der Waals surface area contributed by atoms with Gasteiger partial charge in [-0.3, -0.25) is 9.59 Å². The highest BCUT2D eigenvalue weighted by Gasteiger charge is 2.65. The number of ether oxygens (including phenoxy) is 2. The summed E-state index contributed by atoms with van der Waals surface area (Å²) in [6.07, 6.45) is 1.81. The summed E-state index contributed by atoms with van der Waals surface area (Å²) >= 11 is 0. The molecule has 1 unspecified atom stereocenters. The molecule has 0 aromatic heterocycles. The third-order valence-electron chi connectivity index (χ3n) is 3.35. The van der Waals surface area contributed by atoms with E-state index in [2.05, 4.69) is 11.3 Å². The molecule has 2 aliphatic rings. The molecule has 0 bridgehead atoms. The van der Waals surface area contributed by atoms with Gasteiger partial charge in [0.2, 0.25) is 5.41 Å². The fraction of sp³-hybridized carbons (Fsp3) is 0.583. The van der Waals surface area contributed by atoms with E-state index in [1.54, 1.807) is 0 Å². The Morgan fingerprint density at radius 1 is 1.41 bits per heavy atom. The zero-order valence-electron chi connectivity index (χ0n) is 9.65. The molecule has 1 atom stereocenters. The first-order chi connectivity index (χ1) is 7.98. The van der Waals surface area contributed by atoms with Crippen molar-refractivity contribution >= 4 is 17.9 Å². The predicted octanol–water partition coefficient (Wildman–Crippen LogP) is 1.12. The largest absolute Gasteiger partial charge is 0.457 e. The zero-order chi connectivity index (χ0) is 12.6. The van der Waals surface area contributed by atoms with Crippen molar-refractivity contribution in [1.82, 2.24) is 0 Å². The lowest BCUT2D eigenvalue weighted by atomic mass is 9.69. The monoisotopic (exact) mass is 238 g/mol. The van der Waals surface area contributed by atoms with E-state index in [1.807, 2.05) is 0 Å². The van der Waals surface area contributed by atoms with Gasteiger partial charge in [-0.1, -0.05) is 13.0 Å². The third kappa shape index (κ3) is 1.66. The lowest BCUT2D eigenvalue weighted by Crippen LogP contribution is -2.62. The van der Waals surface area contributed by atoms with E-state index in [0.717, 1.165) is 12.8 Å². The van der Waals surface area contributed by atoms with Crippen molar-refractivity contribution in [3.8, 4) is 0 Å². The second kappa shape index (κ2) is 3.98. The first-order valence-electron chi connectivity index (χ1n) is 5.61. The summed E-state index contributed by atoms with van der Waals surface area (Å²) in [5.41, 5.74) is -0.977. The van der Waals surface area contributed by atoms with E-state index in [4.69, 9.17) is 4.74 Å². The minimum atomic E-state index is -1.23. The highest BCUT2D eigenvalue weighted by molar-refractivity contribution is 6.14. The molecule has 0 aromatic rings. The molecule has 1 saturated heterocycles. The number of hydrogen-bond donors (Lipinski definition) is 0. The molecule has 1 aliphatic carbocycles. The van der Waals surface area contributed by atoms with E-state index >= 15 is 0 Å². The summed E-state index contributed by atoms with van der Waals surface area (Å²) in [5.74, 6) is -1.70. The second-order valence-electron chi connectivity index (χ2n) is 4.57. The van der Waals surface area contributed by atoms with Crippen LogP contribution in [0.3, 0.4) is 0 Å². The molecule has 92 valence electrons. The summed E-state index contributed by atoms with van der Waals surface area (Å²) < 4.78 is 9.60. The lowest BCUT2D eigenvalue weighted by molar-refractivity contribution is -0.214. The Hall–Kier alpha value is -1.65. The summed E-state index contributed by atoms with van der Waals surface area (Å²) in [7, 11) is 0. The number of rotatable bonds is 2. The van der Waals surface area contributed by atoms with Gasteiger partial charge in [0.1, 0.15) is 6.10 Å². The van der Waals surface area contributed by atoms with Gasteiger partial charge < -0.3 is 9.47 Å². The van der Waals surface area contributed by atoms with Gasteiger partial charge in [0.25, 0.3) is 0 Å². The smallest absolute Gasteiger partial charge is 0.335 e. The summed E-state index contributed by atoms with van der Waals surface area (Å²) in [5, 5.41) is 0. The molecule has 0 amide bonds. The maximum Gasteiger partial charge on any atom is 0.335 e. The van der Waals surface area contributed by atoms with Crippen LogP contribution in [0.15, 0.2) is 12.2 Å². The van der Waals surface area contributed by atoms with Crippen LogP contribution in [-0.2, 0) is 23.9 Å². The van der Waals surface area contributed by atoms with Crippen molar-refractivity contribution in [1.29, 1.82) is 0 Å². The van der Waals surface area contributed by atoms with Gasteiger partial charge in [-0.15, -0.1) is 0 Å². The average Bonchev–Trinajstić information content (AvgIpc) is 2.29. The number of esters is 3. The predicted molar refractivity (Wildman–Crippen MR) is 56.7 cm³/mol. The fourth-order valence-electron chi connectivity index (χ4n) is 2.30. The highest BCUT2D eigenvalue weighted by atomic mass is 16.6. The van der Waals surface area contributed by atoms with E-state index in [1.165, 1.54) is 6.92 Å². The Balaban J connectivity index is 2.19. The maximum absolute atomic E-state index is 11.5. The molecule has 1 aliphatic heterocycles. The fourth-order valence-corrected chi connectivity index (χ4v) is 2.30. The Morgan fingerprint density at radius 3 is 2.59 bits per heavy atom. The van der Waals surface area contributed by atoms with Gasteiger partial charge in [-0.05, 0) is 26.2 Å². The standard InChI is InChI=1S/C12H14O5/c1-7(2)9(13)16-8-5-3-4-6-12(8)10(14)17-11(12)15/h8H,1,3-6H2,2H3. The molecule has 0 aromatic carbocycles. The van der Waals surface area contributed by atoms with Crippen LogP contribution in [0.2, 0.25) is 0 Å². The van der Waals surface area contributed by atoms with Gasteiger partial charge in [0, 0.05) is 5.57 Å². The van der Waals surface area contributed by atoms with Crippen LogP contribution in [0, 0.1) is 5.41 Å². The summed E-state index contributed by atoms with van der Waals surface area (Å²) in [4.78, 5) is 34.5. The second-order valence-corrected chi connectivity index (χ2v) is 4.57. The average molecular weight is 238 g/mol. The van der Waals surface area contributed by atoms with E-state index in [0.29, 0.717) is 12.8 Å². The zero-order valence-corrected chi connectivity index (χ0v) is 9.65. The SMILES string of the molecule is C=C(C)C(=O)OC1CCCCC12C(=O)OC2=O.